The van der Waals surface area contributed by atoms with Gasteiger partial charge in [-0.25, -0.2) is 9.98 Å². The molecule has 0 aromatic carbocycles. The average molecular weight is 411 g/mol. The van der Waals surface area contributed by atoms with Crippen molar-refractivity contribution in [1.29, 1.82) is 5.41 Å². The van der Waals surface area contributed by atoms with Crippen LogP contribution in [0.4, 0.5) is 5.69 Å². The molecule has 0 atom stereocenters. The fourth-order valence-corrected chi connectivity index (χ4v) is 3.22. The van der Waals surface area contributed by atoms with Crippen molar-refractivity contribution >= 4 is 29.2 Å². The van der Waals surface area contributed by atoms with Crippen molar-refractivity contribution in [2.75, 3.05) is 26.0 Å². The number of likely N-dealkylation sites (N-methyl/N-ethyl adjacent to an activating group) is 1. The minimum absolute atomic E-state index is 0.108. The van der Waals surface area contributed by atoms with E-state index in [1.54, 1.807) is 13.1 Å². The Morgan fingerprint density at radius 1 is 1.33 bits per heavy atom. The Labute approximate surface area is 177 Å². The Morgan fingerprint density at radius 3 is 2.57 bits per heavy atom. The molecule has 0 saturated heterocycles. The summed E-state index contributed by atoms with van der Waals surface area (Å²) in [5.74, 6) is -0.643. The third-order valence-corrected chi connectivity index (χ3v) is 4.65. The Kier molecular flexibility index (Phi) is 7.60. The number of rotatable bonds is 9. The van der Waals surface area contributed by atoms with Gasteiger partial charge in [0, 0.05) is 37.6 Å². The number of nitrogens with one attached hydrogen (secondary N) is 3. The fourth-order valence-electron chi connectivity index (χ4n) is 3.22. The lowest BCUT2D eigenvalue weighted by Crippen LogP contribution is -2.17. The number of aromatic nitrogens is 3. The normalized spacial score (nSPS) is 12.5. The number of primary amides is 1. The monoisotopic (exact) mass is 410 g/mol. The van der Waals surface area contributed by atoms with Gasteiger partial charge >= 0.3 is 0 Å². The minimum Gasteiger partial charge on any atom is -0.387 e. The van der Waals surface area contributed by atoms with Gasteiger partial charge in [0.1, 0.15) is 11.4 Å². The van der Waals surface area contributed by atoms with Gasteiger partial charge in [-0.2, -0.15) is 5.10 Å². The van der Waals surface area contributed by atoms with Crippen LogP contribution in [0.2, 0.25) is 0 Å². The number of pyridine rings is 1. The second-order valence-electron chi connectivity index (χ2n) is 6.92. The summed E-state index contributed by atoms with van der Waals surface area (Å²) in [6.45, 7) is 9.10. The summed E-state index contributed by atoms with van der Waals surface area (Å²) in [6, 6.07) is 3.53. The summed E-state index contributed by atoms with van der Waals surface area (Å²) < 4.78 is 1.89. The number of carbonyl (C=O) groups excluding carboxylic acids is 1. The Bertz CT molecular complexity index is 1020. The summed E-state index contributed by atoms with van der Waals surface area (Å²) in [5, 5.41) is 18.6. The largest absolute Gasteiger partial charge is 0.387 e. The van der Waals surface area contributed by atoms with Gasteiger partial charge in [0.15, 0.2) is 0 Å². The van der Waals surface area contributed by atoms with E-state index in [9.17, 15) is 4.79 Å². The van der Waals surface area contributed by atoms with E-state index >= 15 is 0 Å². The van der Waals surface area contributed by atoms with Crippen molar-refractivity contribution in [2.45, 2.75) is 34.2 Å². The van der Waals surface area contributed by atoms with Crippen LogP contribution < -0.4 is 16.4 Å². The van der Waals surface area contributed by atoms with Crippen molar-refractivity contribution in [3.05, 3.63) is 46.0 Å². The van der Waals surface area contributed by atoms with E-state index in [0.717, 1.165) is 29.2 Å². The molecule has 0 bridgehead atoms. The molecule has 30 heavy (non-hydrogen) atoms. The number of nitrogens with two attached hydrogens (primary N) is 1. The molecule has 0 spiro atoms. The molecule has 0 aliphatic rings. The molecule has 0 unspecified atom stereocenters. The van der Waals surface area contributed by atoms with Crippen LogP contribution in [0.3, 0.4) is 0 Å². The fraction of sp³-hybridized carbons (Fsp3) is 0.381. The molecule has 5 N–H and O–H groups in total. The smallest absolute Gasteiger partial charge is 0.267 e. The van der Waals surface area contributed by atoms with Gasteiger partial charge < -0.3 is 21.8 Å². The first-order valence-corrected chi connectivity index (χ1v) is 9.75. The molecule has 1 amide bonds. The first-order valence-electron chi connectivity index (χ1n) is 9.75. The molecule has 9 heteroatoms. The average Bonchev–Trinajstić information content (AvgIpc) is 3.11. The van der Waals surface area contributed by atoms with Gasteiger partial charge in [-0.15, -0.1) is 0 Å². The van der Waals surface area contributed by atoms with Gasteiger partial charge in [-0.05, 0) is 52.4 Å². The molecule has 0 radical (unpaired) electrons. The lowest BCUT2D eigenvalue weighted by molar-refractivity contribution is 0.0995. The topological polar surface area (TPSA) is 134 Å². The number of carbonyl (C=O) groups is 1. The van der Waals surface area contributed by atoms with E-state index in [1.807, 2.05) is 45.5 Å². The highest BCUT2D eigenvalue weighted by atomic mass is 16.1. The highest BCUT2D eigenvalue weighted by Gasteiger charge is 2.19. The summed E-state index contributed by atoms with van der Waals surface area (Å²) >= 11 is 0. The van der Waals surface area contributed by atoms with Crippen LogP contribution in [-0.2, 0) is 6.54 Å². The number of nitrogens with zero attached hydrogens (tertiary/aromatic N) is 4. The summed E-state index contributed by atoms with van der Waals surface area (Å²) in [4.78, 5) is 21.2. The number of aryl methyl sites for hydroxylation is 2. The van der Waals surface area contributed by atoms with Crippen LogP contribution in [0, 0.1) is 12.3 Å². The van der Waals surface area contributed by atoms with Gasteiger partial charge in [-0.3, -0.25) is 9.48 Å². The zero-order valence-corrected chi connectivity index (χ0v) is 18.4. The van der Waals surface area contributed by atoms with Gasteiger partial charge in [0.05, 0.1) is 22.8 Å². The number of hydrogen-bond acceptors (Lipinski definition) is 7. The molecule has 2 heterocycles. The molecule has 2 rings (SSSR count). The Balaban J connectivity index is 2.81. The van der Waals surface area contributed by atoms with Crippen LogP contribution in [0.1, 0.15) is 53.9 Å². The maximum Gasteiger partial charge on any atom is 0.267 e. The van der Waals surface area contributed by atoms with Crippen molar-refractivity contribution in [1.82, 2.24) is 20.1 Å². The van der Waals surface area contributed by atoms with E-state index in [-0.39, 0.29) is 5.69 Å². The number of anilines is 1. The second kappa shape index (κ2) is 9.93. The maximum absolute atomic E-state index is 11.9. The van der Waals surface area contributed by atoms with Gasteiger partial charge in [-0.1, -0.05) is 0 Å². The third kappa shape index (κ3) is 4.80. The number of aliphatic imine (C=N–C) groups is 1. The quantitative estimate of drug-likeness (QED) is 0.470. The second-order valence-corrected chi connectivity index (χ2v) is 6.92. The molecule has 0 fully saturated rings. The van der Waals surface area contributed by atoms with Crippen LogP contribution in [0.15, 0.2) is 22.7 Å². The van der Waals surface area contributed by atoms with Crippen LogP contribution in [-0.4, -0.2) is 53.2 Å². The molecule has 160 valence electrons. The molecule has 2 aromatic rings. The number of amides is 1. The highest BCUT2D eigenvalue weighted by molar-refractivity contribution is 6.03. The Morgan fingerprint density at radius 2 is 2.03 bits per heavy atom. The molecule has 2 aromatic heterocycles. The van der Waals surface area contributed by atoms with E-state index in [1.165, 1.54) is 6.21 Å². The van der Waals surface area contributed by atoms with Crippen molar-refractivity contribution in [3.8, 4) is 0 Å². The van der Waals surface area contributed by atoms with E-state index in [4.69, 9.17) is 16.1 Å². The molecule has 0 aliphatic heterocycles. The zero-order valence-electron chi connectivity index (χ0n) is 18.4. The molecule has 9 nitrogen and oxygen atoms in total. The predicted octanol–water partition coefficient (Wildman–Crippen LogP) is 2.20. The standard InChI is InChI=1S/C21H30N8O/c1-7-29-18(8-13(3)28-29)14(4)26-19(12(2)11-24-5)20-15(10-22)16(25-6)9-17(27-20)21(23)30/h8-10,22,24H,7,11H2,1-6H3,(H2,23,30)(H,25,27)/b19-12+,22-10?,26-14+. The first-order chi connectivity index (χ1) is 14.3. The molecular formula is C21H30N8O. The summed E-state index contributed by atoms with van der Waals surface area (Å²) in [6.07, 6.45) is 1.21. The first kappa shape index (κ1) is 23.0. The Hall–Kier alpha value is -3.33. The highest BCUT2D eigenvalue weighted by Crippen LogP contribution is 2.28. The van der Waals surface area contributed by atoms with E-state index in [0.29, 0.717) is 29.2 Å². The van der Waals surface area contributed by atoms with Crippen molar-refractivity contribution < 1.29 is 4.79 Å². The van der Waals surface area contributed by atoms with Crippen LogP contribution in [0.25, 0.3) is 5.70 Å². The van der Waals surface area contributed by atoms with Crippen LogP contribution in [0.5, 0.6) is 0 Å². The minimum atomic E-state index is -0.643. The summed E-state index contributed by atoms with van der Waals surface area (Å²) in [5.41, 5.74) is 11.2. The zero-order chi connectivity index (χ0) is 22.4. The predicted molar refractivity (Wildman–Crippen MR) is 122 cm³/mol. The van der Waals surface area contributed by atoms with Crippen molar-refractivity contribution in [2.24, 2.45) is 10.7 Å². The van der Waals surface area contributed by atoms with E-state index < -0.39 is 5.91 Å². The maximum atomic E-state index is 11.9. The van der Waals surface area contributed by atoms with Gasteiger partial charge in [0.2, 0.25) is 0 Å². The molecule has 0 aliphatic carbocycles. The number of hydrogen-bond donors (Lipinski definition) is 4. The lowest BCUT2D eigenvalue weighted by atomic mass is 10.0. The van der Waals surface area contributed by atoms with E-state index in [2.05, 4.69) is 20.7 Å². The van der Waals surface area contributed by atoms with Crippen LogP contribution >= 0.6 is 0 Å². The molecular weight excluding hydrogens is 380 g/mol. The molecule has 0 saturated carbocycles. The van der Waals surface area contributed by atoms with Gasteiger partial charge in [0.25, 0.3) is 5.91 Å². The summed E-state index contributed by atoms with van der Waals surface area (Å²) in [7, 11) is 3.56. The van der Waals surface area contributed by atoms with Crippen molar-refractivity contribution in [3.63, 3.8) is 0 Å². The lowest BCUT2D eigenvalue weighted by Gasteiger charge is -2.16. The SMILES string of the molecule is CCn1nc(C)cc1/C(C)=N/C(=C(\C)CNC)c1nc(C(N)=O)cc(NC)c1C=N. The third-order valence-electron chi connectivity index (χ3n) is 4.65.